The monoisotopic (exact) mass is 389 g/mol. The van der Waals surface area contributed by atoms with Gasteiger partial charge in [-0.15, -0.1) is 0 Å². The number of nitrogens with one attached hydrogen (secondary N) is 1. The number of rotatable bonds is 6. The third-order valence-electron chi connectivity index (χ3n) is 5.49. The van der Waals surface area contributed by atoms with E-state index in [1.54, 1.807) is 11.0 Å². The summed E-state index contributed by atoms with van der Waals surface area (Å²) in [5.41, 5.74) is 3.94. The molecule has 150 valence electrons. The van der Waals surface area contributed by atoms with Crippen LogP contribution < -0.4 is 5.32 Å². The number of nitrogens with zero attached hydrogens (tertiary/aromatic N) is 4. The molecule has 1 fully saturated rings. The molecular weight excluding hydrogens is 362 g/mol. The molecule has 6 heteroatoms. The Morgan fingerprint density at radius 2 is 1.76 bits per heavy atom. The summed E-state index contributed by atoms with van der Waals surface area (Å²) in [6.45, 7) is 5.31. The lowest BCUT2D eigenvalue weighted by molar-refractivity contribution is 0.0940. The van der Waals surface area contributed by atoms with Crippen molar-refractivity contribution in [2.24, 2.45) is 0 Å². The second-order valence-corrected chi connectivity index (χ2v) is 7.66. The molecule has 1 aromatic heterocycles. The third kappa shape index (κ3) is 4.90. The predicted molar refractivity (Wildman–Crippen MR) is 113 cm³/mol. The van der Waals surface area contributed by atoms with Gasteiger partial charge in [-0.2, -0.15) is 5.10 Å². The highest BCUT2D eigenvalue weighted by molar-refractivity contribution is 5.94. The fourth-order valence-electron chi connectivity index (χ4n) is 3.76. The molecule has 0 spiro atoms. The van der Waals surface area contributed by atoms with E-state index in [9.17, 15) is 4.79 Å². The van der Waals surface area contributed by atoms with Crippen LogP contribution in [0.5, 0.6) is 0 Å². The van der Waals surface area contributed by atoms with Crippen molar-refractivity contribution in [1.29, 1.82) is 0 Å². The lowest BCUT2D eigenvalue weighted by Crippen LogP contribution is -2.29. The van der Waals surface area contributed by atoms with Gasteiger partial charge < -0.3 is 5.32 Å². The Labute approximate surface area is 171 Å². The van der Waals surface area contributed by atoms with Crippen LogP contribution in [0.15, 0.2) is 61.2 Å². The lowest BCUT2D eigenvalue weighted by atomic mass is 10.1. The van der Waals surface area contributed by atoms with E-state index < -0.39 is 0 Å². The molecule has 1 aliphatic rings. The maximum atomic E-state index is 12.6. The molecular formula is C23H27N5O. The highest BCUT2D eigenvalue weighted by Crippen LogP contribution is 2.17. The summed E-state index contributed by atoms with van der Waals surface area (Å²) in [5.74, 6) is -0.0534. The molecule has 0 saturated carbocycles. The van der Waals surface area contributed by atoms with E-state index in [-0.39, 0.29) is 11.9 Å². The van der Waals surface area contributed by atoms with Gasteiger partial charge in [-0.25, -0.2) is 9.67 Å². The number of likely N-dealkylation sites (tertiary alicyclic amines) is 1. The number of piperidine rings is 1. The van der Waals surface area contributed by atoms with Gasteiger partial charge in [0.2, 0.25) is 0 Å². The van der Waals surface area contributed by atoms with Crippen molar-refractivity contribution < 1.29 is 4.79 Å². The number of hydrogen-bond acceptors (Lipinski definition) is 4. The van der Waals surface area contributed by atoms with Gasteiger partial charge >= 0.3 is 0 Å². The van der Waals surface area contributed by atoms with E-state index in [0.717, 1.165) is 17.8 Å². The van der Waals surface area contributed by atoms with Gasteiger partial charge in [0.1, 0.15) is 12.7 Å². The second kappa shape index (κ2) is 9.01. The lowest BCUT2D eigenvalue weighted by Gasteiger charge is -2.26. The fourth-order valence-corrected chi connectivity index (χ4v) is 3.76. The van der Waals surface area contributed by atoms with Gasteiger partial charge in [-0.05, 0) is 68.2 Å². The molecule has 6 nitrogen and oxygen atoms in total. The third-order valence-corrected chi connectivity index (χ3v) is 5.49. The number of benzene rings is 2. The van der Waals surface area contributed by atoms with Crippen molar-refractivity contribution in [3.63, 3.8) is 0 Å². The summed E-state index contributed by atoms with van der Waals surface area (Å²) in [4.78, 5) is 19.1. The van der Waals surface area contributed by atoms with Gasteiger partial charge in [0.05, 0.1) is 11.7 Å². The Bertz CT molecular complexity index is 913. The summed E-state index contributed by atoms with van der Waals surface area (Å²) < 4.78 is 1.71. The van der Waals surface area contributed by atoms with E-state index in [1.807, 2.05) is 43.3 Å². The molecule has 0 radical (unpaired) electrons. The number of hydrogen-bond donors (Lipinski definition) is 1. The maximum Gasteiger partial charge on any atom is 0.251 e. The Morgan fingerprint density at radius 3 is 2.41 bits per heavy atom. The predicted octanol–water partition coefficient (Wildman–Crippen LogP) is 3.74. The normalized spacial score (nSPS) is 15.8. The topological polar surface area (TPSA) is 63.1 Å². The van der Waals surface area contributed by atoms with E-state index in [1.165, 1.54) is 44.2 Å². The molecule has 1 N–H and O–H groups in total. The van der Waals surface area contributed by atoms with Gasteiger partial charge in [0.25, 0.3) is 5.91 Å². The van der Waals surface area contributed by atoms with Crippen LogP contribution in [0.4, 0.5) is 0 Å². The summed E-state index contributed by atoms with van der Waals surface area (Å²) in [6.07, 6.45) is 7.09. The highest BCUT2D eigenvalue weighted by atomic mass is 16.1. The molecule has 2 aromatic carbocycles. The number of carbonyl (C=O) groups excluding carboxylic acids is 1. The summed E-state index contributed by atoms with van der Waals surface area (Å²) in [7, 11) is 0. The zero-order valence-corrected chi connectivity index (χ0v) is 16.8. The zero-order valence-electron chi connectivity index (χ0n) is 16.8. The standard InChI is InChI=1S/C23H27N5O/c1-18(20-9-11-22(12-10-20)28-17-24-16-25-28)26-23(29)21-7-5-19(6-8-21)15-27-13-3-2-4-14-27/h5-12,16-18H,2-4,13-15H2,1H3,(H,26,29). The van der Waals surface area contributed by atoms with Gasteiger partial charge in [0, 0.05) is 12.1 Å². The average Bonchev–Trinajstić information content (AvgIpc) is 3.30. The Morgan fingerprint density at radius 1 is 1.03 bits per heavy atom. The molecule has 2 heterocycles. The molecule has 29 heavy (non-hydrogen) atoms. The zero-order chi connectivity index (χ0) is 20.1. The van der Waals surface area contributed by atoms with Crippen molar-refractivity contribution in [2.75, 3.05) is 13.1 Å². The quantitative estimate of drug-likeness (QED) is 0.698. The van der Waals surface area contributed by atoms with Crippen molar-refractivity contribution in [2.45, 2.75) is 38.8 Å². The SMILES string of the molecule is CC(NC(=O)c1ccc(CN2CCCCC2)cc1)c1ccc(-n2cncn2)cc1. The van der Waals surface area contributed by atoms with Crippen molar-refractivity contribution >= 4 is 5.91 Å². The first-order chi connectivity index (χ1) is 14.2. The van der Waals surface area contributed by atoms with Gasteiger partial charge in [-0.1, -0.05) is 30.7 Å². The van der Waals surface area contributed by atoms with E-state index in [4.69, 9.17) is 0 Å². The number of carbonyl (C=O) groups is 1. The first-order valence-corrected chi connectivity index (χ1v) is 10.3. The van der Waals surface area contributed by atoms with Crippen LogP contribution in [-0.4, -0.2) is 38.7 Å². The molecule has 0 aliphatic carbocycles. The molecule has 1 amide bonds. The summed E-state index contributed by atoms with van der Waals surface area (Å²) in [5, 5.41) is 7.21. The molecule has 3 aromatic rings. The van der Waals surface area contributed by atoms with Crippen LogP contribution in [0.25, 0.3) is 5.69 Å². The minimum atomic E-state index is -0.0830. The van der Waals surface area contributed by atoms with E-state index in [2.05, 4.69) is 32.4 Å². The smallest absolute Gasteiger partial charge is 0.251 e. The Balaban J connectivity index is 1.34. The molecule has 1 atom stereocenters. The maximum absolute atomic E-state index is 12.6. The van der Waals surface area contributed by atoms with Crippen molar-refractivity contribution in [3.05, 3.63) is 77.9 Å². The minimum Gasteiger partial charge on any atom is -0.346 e. The molecule has 1 unspecified atom stereocenters. The van der Waals surface area contributed by atoms with Crippen LogP contribution in [0.1, 0.15) is 53.7 Å². The van der Waals surface area contributed by atoms with Crippen LogP contribution in [0.2, 0.25) is 0 Å². The number of aromatic nitrogens is 3. The van der Waals surface area contributed by atoms with Crippen LogP contribution in [0.3, 0.4) is 0 Å². The first kappa shape index (κ1) is 19.3. The van der Waals surface area contributed by atoms with Crippen LogP contribution >= 0.6 is 0 Å². The summed E-state index contributed by atoms with van der Waals surface area (Å²) in [6, 6.07) is 15.9. The van der Waals surface area contributed by atoms with Gasteiger partial charge in [-0.3, -0.25) is 9.69 Å². The average molecular weight is 390 g/mol. The van der Waals surface area contributed by atoms with Gasteiger partial charge in [0.15, 0.2) is 0 Å². The second-order valence-electron chi connectivity index (χ2n) is 7.66. The largest absolute Gasteiger partial charge is 0.346 e. The Hall–Kier alpha value is -2.99. The molecule has 1 aliphatic heterocycles. The van der Waals surface area contributed by atoms with E-state index in [0.29, 0.717) is 5.56 Å². The van der Waals surface area contributed by atoms with Crippen molar-refractivity contribution in [3.8, 4) is 5.69 Å². The molecule has 1 saturated heterocycles. The highest BCUT2D eigenvalue weighted by Gasteiger charge is 2.13. The van der Waals surface area contributed by atoms with Crippen LogP contribution in [-0.2, 0) is 6.54 Å². The van der Waals surface area contributed by atoms with E-state index >= 15 is 0 Å². The summed E-state index contributed by atoms with van der Waals surface area (Å²) >= 11 is 0. The number of amides is 1. The molecule has 0 bridgehead atoms. The fraction of sp³-hybridized carbons (Fsp3) is 0.348. The van der Waals surface area contributed by atoms with Crippen molar-refractivity contribution in [1.82, 2.24) is 25.0 Å². The van der Waals surface area contributed by atoms with Crippen LogP contribution in [0, 0.1) is 0 Å². The first-order valence-electron chi connectivity index (χ1n) is 10.3. The Kier molecular flexibility index (Phi) is 6.00. The molecule has 4 rings (SSSR count). The minimum absolute atomic E-state index is 0.0534.